The molecule has 1 aromatic carbocycles. The summed E-state index contributed by atoms with van der Waals surface area (Å²) in [4.78, 5) is 0. The van der Waals surface area contributed by atoms with Crippen molar-refractivity contribution < 1.29 is 4.74 Å². The van der Waals surface area contributed by atoms with E-state index in [1.165, 1.54) is 0 Å². The van der Waals surface area contributed by atoms with Crippen LogP contribution in [-0.2, 0) is 7.05 Å². The molecular weight excluding hydrogens is 238 g/mol. The molecule has 0 aliphatic carbocycles. The van der Waals surface area contributed by atoms with Crippen molar-refractivity contribution in [2.45, 2.75) is 25.8 Å². The van der Waals surface area contributed by atoms with Crippen LogP contribution < -0.4 is 10.5 Å². The van der Waals surface area contributed by atoms with E-state index < -0.39 is 0 Å². The lowest BCUT2D eigenvalue weighted by atomic mass is 10.0. The van der Waals surface area contributed by atoms with E-state index in [-0.39, 0.29) is 6.04 Å². The first-order valence-electron chi connectivity index (χ1n) is 6.68. The van der Waals surface area contributed by atoms with E-state index in [2.05, 4.69) is 12.0 Å². The Bertz CT molecular complexity index is 504. The van der Waals surface area contributed by atoms with Crippen molar-refractivity contribution in [3.8, 4) is 5.75 Å². The van der Waals surface area contributed by atoms with Crippen LogP contribution in [0.3, 0.4) is 0 Å². The van der Waals surface area contributed by atoms with Crippen molar-refractivity contribution in [2.24, 2.45) is 12.8 Å². The summed E-state index contributed by atoms with van der Waals surface area (Å²) >= 11 is 0. The van der Waals surface area contributed by atoms with E-state index in [9.17, 15) is 0 Å². The Labute approximate surface area is 114 Å². The van der Waals surface area contributed by atoms with Crippen LogP contribution in [0.4, 0.5) is 0 Å². The lowest BCUT2D eigenvalue weighted by Crippen LogP contribution is -2.15. The lowest BCUT2D eigenvalue weighted by molar-refractivity contribution is 0.309. The number of nitrogens with zero attached hydrogens (tertiary/aromatic N) is 2. The molecule has 2 N–H and O–H groups in total. The molecule has 2 aromatic rings. The number of aryl methyl sites for hydroxylation is 1. The molecule has 0 saturated heterocycles. The predicted octanol–water partition coefficient (Wildman–Crippen LogP) is 2.65. The number of ether oxygens (including phenoxy) is 1. The number of benzene rings is 1. The zero-order valence-corrected chi connectivity index (χ0v) is 11.5. The van der Waals surface area contributed by atoms with Crippen molar-refractivity contribution in [1.82, 2.24) is 9.78 Å². The van der Waals surface area contributed by atoms with Gasteiger partial charge in [-0.15, -0.1) is 0 Å². The van der Waals surface area contributed by atoms with Crippen LogP contribution in [0.5, 0.6) is 5.75 Å². The molecule has 102 valence electrons. The Morgan fingerprint density at radius 3 is 2.58 bits per heavy atom. The monoisotopic (exact) mass is 259 g/mol. The second-order valence-electron chi connectivity index (χ2n) is 4.63. The molecule has 0 fully saturated rings. The van der Waals surface area contributed by atoms with Gasteiger partial charge in [0, 0.05) is 13.2 Å². The summed E-state index contributed by atoms with van der Waals surface area (Å²) in [5, 5.41) is 4.14. The number of nitrogens with two attached hydrogens (primary N) is 1. The smallest absolute Gasteiger partial charge is 0.119 e. The number of aromatic nitrogens is 2. The Balaban J connectivity index is 2.04. The molecule has 0 spiro atoms. The fraction of sp³-hybridized carbons (Fsp3) is 0.400. The summed E-state index contributed by atoms with van der Waals surface area (Å²) in [5.41, 5.74) is 8.29. The molecule has 0 aliphatic heterocycles. The standard InChI is InChI=1S/C15H21N3O/c1-3-4-11-19-13-7-5-12(6-8-13)15(16)14-9-10-17-18(14)2/h5-10,15H,3-4,11,16H2,1-2H3. The number of hydrogen-bond donors (Lipinski definition) is 1. The molecule has 0 saturated carbocycles. The van der Waals surface area contributed by atoms with Gasteiger partial charge < -0.3 is 10.5 Å². The van der Waals surface area contributed by atoms with Crippen LogP contribution in [0.1, 0.15) is 37.1 Å². The summed E-state index contributed by atoms with van der Waals surface area (Å²) in [6.07, 6.45) is 3.98. The summed E-state index contributed by atoms with van der Waals surface area (Å²) in [6, 6.07) is 9.76. The minimum Gasteiger partial charge on any atom is -0.494 e. The normalized spacial score (nSPS) is 12.4. The molecule has 1 atom stereocenters. The average Bonchev–Trinajstić information content (AvgIpc) is 2.85. The highest BCUT2D eigenvalue weighted by Gasteiger charge is 2.12. The molecule has 1 heterocycles. The zero-order chi connectivity index (χ0) is 13.7. The topological polar surface area (TPSA) is 53.1 Å². The summed E-state index contributed by atoms with van der Waals surface area (Å²) in [7, 11) is 1.90. The molecule has 2 rings (SSSR count). The van der Waals surface area contributed by atoms with Gasteiger partial charge >= 0.3 is 0 Å². The highest BCUT2D eigenvalue weighted by atomic mass is 16.5. The van der Waals surface area contributed by atoms with Crippen LogP contribution in [0, 0.1) is 0 Å². The van der Waals surface area contributed by atoms with Gasteiger partial charge in [-0.2, -0.15) is 5.10 Å². The molecule has 4 nitrogen and oxygen atoms in total. The highest BCUT2D eigenvalue weighted by molar-refractivity contribution is 5.32. The SMILES string of the molecule is CCCCOc1ccc(C(N)c2ccnn2C)cc1. The maximum atomic E-state index is 6.23. The van der Waals surface area contributed by atoms with E-state index in [1.807, 2.05) is 37.4 Å². The largest absolute Gasteiger partial charge is 0.494 e. The quantitative estimate of drug-likeness (QED) is 0.811. The second kappa shape index (κ2) is 6.38. The fourth-order valence-electron chi connectivity index (χ4n) is 1.97. The van der Waals surface area contributed by atoms with Crippen molar-refractivity contribution in [1.29, 1.82) is 0 Å². The first kappa shape index (κ1) is 13.6. The van der Waals surface area contributed by atoms with Crippen molar-refractivity contribution >= 4 is 0 Å². The van der Waals surface area contributed by atoms with E-state index in [0.717, 1.165) is 36.5 Å². The van der Waals surface area contributed by atoms with Gasteiger partial charge in [0.15, 0.2) is 0 Å². The Morgan fingerprint density at radius 1 is 1.26 bits per heavy atom. The molecular formula is C15H21N3O. The molecule has 1 aromatic heterocycles. The highest BCUT2D eigenvalue weighted by Crippen LogP contribution is 2.21. The Kier molecular flexibility index (Phi) is 4.58. The average molecular weight is 259 g/mol. The van der Waals surface area contributed by atoms with Crippen LogP contribution in [0.2, 0.25) is 0 Å². The fourth-order valence-corrected chi connectivity index (χ4v) is 1.97. The van der Waals surface area contributed by atoms with E-state index in [4.69, 9.17) is 10.5 Å². The van der Waals surface area contributed by atoms with Crippen LogP contribution in [0.25, 0.3) is 0 Å². The minimum absolute atomic E-state index is 0.155. The third kappa shape index (κ3) is 3.35. The van der Waals surface area contributed by atoms with Gasteiger partial charge in [-0.3, -0.25) is 4.68 Å². The number of unbranched alkanes of at least 4 members (excludes halogenated alkanes) is 1. The predicted molar refractivity (Wildman–Crippen MR) is 76.1 cm³/mol. The number of rotatable bonds is 6. The minimum atomic E-state index is -0.155. The summed E-state index contributed by atoms with van der Waals surface area (Å²) < 4.78 is 7.44. The number of hydrogen-bond acceptors (Lipinski definition) is 3. The second-order valence-corrected chi connectivity index (χ2v) is 4.63. The maximum Gasteiger partial charge on any atom is 0.119 e. The molecule has 19 heavy (non-hydrogen) atoms. The lowest BCUT2D eigenvalue weighted by Gasteiger charge is -2.13. The van der Waals surface area contributed by atoms with Gasteiger partial charge in [-0.05, 0) is 30.2 Å². The van der Waals surface area contributed by atoms with Gasteiger partial charge in [-0.1, -0.05) is 25.5 Å². The van der Waals surface area contributed by atoms with Crippen LogP contribution >= 0.6 is 0 Å². The van der Waals surface area contributed by atoms with E-state index >= 15 is 0 Å². The van der Waals surface area contributed by atoms with Crippen molar-refractivity contribution in [3.63, 3.8) is 0 Å². The Hall–Kier alpha value is -1.81. The Morgan fingerprint density at radius 2 is 2.00 bits per heavy atom. The molecule has 0 amide bonds. The molecule has 0 aliphatic rings. The molecule has 0 bridgehead atoms. The van der Waals surface area contributed by atoms with Gasteiger partial charge in [0.05, 0.1) is 18.3 Å². The third-order valence-corrected chi connectivity index (χ3v) is 3.18. The first-order valence-corrected chi connectivity index (χ1v) is 6.68. The van der Waals surface area contributed by atoms with Gasteiger partial charge in [-0.25, -0.2) is 0 Å². The zero-order valence-electron chi connectivity index (χ0n) is 11.5. The third-order valence-electron chi connectivity index (χ3n) is 3.18. The summed E-state index contributed by atoms with van der Waals surface area (Å²) in [6.45, 7) is 2.92. The molecule has 0 radical (unpaired) electrons. The van der Waals surface area contributed by atoms with Gasteiger partial charge in [0.2, 0.25) is 0 Å². The molecule has 4 heteroatoms. The van der Waals surface area contributed by atoms with Crippen LogP contribution in [0.15, 0.2) is 36.5 Å². The van der Waals surface area contributed by atoms with Gasteiger partial charge in [0.25, 0.3) is 0 Å². The molecule has 1 unspecified atom stereocenters. The van der Waals surface area contributed by atoms with Gasteiger partial charge in [0.1, 0.15) is 5.75 Å². The van der Waals surface area contributed by atoms with E-state index in [0.29, 0.717) is 0 Å². The van der Waals surface area contributed by atoms with E-state index in [1.54, 1.807) is 10.9 Å². The van der Waals surface area contributed by atoms with Crippen molar-refractivity contribution in [3.05, 3.63) is 47.8 Å². The van der Waals surface area contributed by atoms with Crippen LogP contribution in [-0.4, -0.2) is 16.4 Å². The maximum absolute atomic E-state index is 6.23. The summed E-state index contributed by atoms with van der Waals surface area (Å²) in [5.74, 6) is 0.898. The first-order chi connectivity index (χ1) is 9.22. The van der Waals surface area contributed by atoms with Crippen molar-refractivity contribution in [2.75, 3.05) is 6.61 Å².